The fraction of sp³-hybridized carbons (Fsp3) is 0.542. The molecular weight excluding hydrogens is 392 g/mol. The van der Waals surface area contributed by atoms with Crippen LogP contribution in [0.3, 0.4) is 0 Å². The van der Waals surface area contributed by atoms with Gasteiger partial charge in [0.15, 0.2) is 0 Å². The Hall–Kier alpha value is -2.67. The van der Waals surface area contributed by atoms with Crippen molar-refractivity contribution in [2.75, 3.05) is 18.4 Å². The van der Waals surface area contributed by atoms with Crippen LogP contribution in [0, 0.1) is 6.92 Å². The molecule has 0 unspecified atom stereocenters. The summed E-state index contributed by atoms with van der Waals surface area (Å²) in [6, 6.07) is 9.90. The molecule has 0 saturated carbocycles. The second-order valence-electron chi connectivity index (χ2n) is 9.52. The number of nitrogens with zero attached hydrogens (tertiary/aromatic N) is 3. The molecule has 1 saturated heterocycles. The molecule has 1 aromatic carbocycles. The molecule has 0 spiro atoms. The van der Waals surface area contributed by atoms with Gasteiger partial charge in [0.05, 0.1) is 23.6 Å². The van der Waals surface area contributed by atoms with Crippen LogP contribution in [0.1, 0.15) is 58.7 Å². The molecule has 2 heterocycles. The molecule has 3 rings (SSSR count). The Kier molecular flexibility index (Phi) is 6.84. The standard InChI is InChI=1S/C24H34N4O3/c1-16-7-9-19(10-8-16)28-21(13-20(26-28)24(4,5)6)25-22(29)11-12-23(30)27-14-17(2)31-18(3)15-27/h7-10,13,17-18H,11-12,14-15H2,1-6H3,(H,25,29)/t17-,18-/m0/s1. The number of rotatable bonds is 5. The minimum absolute atomic E-state index is 0.0143. The lowest BCUT2D eigenvalue weighted by Gasteiger charge is -2.35. The molecule has 1 aliphatic heterocycles. The number of hydrogen-bond donors (Lipinski definition) is 1. The highest BCUT2D eigenvalue weighted by Crippen LogP contribution is 2.26. The third-order valence-corrected chi connectivity index (χ3v) is 5.36. The highest BCUT2D eigenvalue weighted by molar-refractivity contribution is 5.93. The molecule has 0 aliphatic carbocycles. The van der Waals surface area contributed by atoms with E-state index in [2.05, 4.69) is 26.1 Å². The second-order valence-corrected chi connectivity index (χ2v) is 9.52. The summed E-state index contributed by atoms with van der Waals surface area (Å²) in [5.41, 5.74) is 2.76. The average Bonchev–Trinajstić information content (AvgIpc) is 3.10. The molecule has 0 radical (unpaired) electrons. The van der Waals surface area contributed by atoms with E-state index in [1.807, 2.05) is 51.1 Å². The molecule has 7 nitrogen and oxygen atoms in total. The number of aromatic nitrogens is 2. The van der Waals surface area contributed by atoms with E-state index in [0.717, 1.165) is 16.9 Å². The molecule has 1 aliphatic rings. The maximum atomic E-state index is 12.7. The van der Waals surface area contributed by atoms with Crippen LogP contribution >= 0.6 is 0 Å². The first-order valence-electron chi connectivity index (χ1n) is 10.9. The van der Waals surface area contributed by atoms with E-state index in [0.29, 0.717) is 18.9 Å². The van der Waals surface area contributed by atoms with Crippen LogP contribution < -0.4 is 5.32 Å². The van der Waals surface area contributed by atoms with Gasteiger partial charge in [-0.05, 0) is 32.9 Å². The van der Waals surface area contributed by atoms with Gasteiger partial charge < -0.3 is 15.0 Å². The van der Waals surface area contributed by atoms with Crippen molar-refractivity contribution in [1.29, 1.82) is 0 Å². The Morgan fingerprint density at radius 2 is 1.71 bits per heavy atom. The Bertz CT molecular complexity index is 917. The predicted molar refractivity (Wildman–Crippen MR) is 121 cm³/mol. The fourth-order valence-electron chi connectivity index (χ4n) is 3.68. The minimum Gasteiger partial charge on any atom is -0.372 e. The van der Waals surface area contributed by atoms with Gasteiger partial charge in [-0.2, -0.15) is 5.10 Å². The van der Waals surface area contributed by atoms with Crippen molar-refractivity contribution in [3.8, 4) is 5.69 Å². The zero-order valence-electron chi connectivity index (χ0n) is 19.4. The van der Waals surface area contributed by atoms with Gasteiger partial charge in [0, 0.05) is 37.4 Å². The summed E-state index contributed by atoms with van der Waals surface area (Å²) in [7, 11) is 0. The number of hydrogen-bond acceptors (Lipinski definition) is 4. The van der Waals surface area contributed by atoms with Gasteiger partial charge in [0.1, 0.15) is 5.82 Å². The van der Waals surface area contributed by atoms with Gasteiger partial charge in [-0.1, -0.05) is 38.5 Å². The maximum Gasteiger partial charge on any atom is 0.226 e. The van der Waals surface area contributed by atoms with E-state index >= 15 is 0 Å². The van der Waals surface area contributed by atoms with Crippen molar-refractivity contribution in [3.63, 3.8) is 0 Å². The molecule has 2 atom stereocenters. The van der Waals surface area contributed by atoms with Crippen LogP contribution in [0.2, 0.25) is 0 Å². The lowest BCUT2D eigenvalue weighted by atomic mass is 9.92. The zero-order chi connectivity index (χ0) is 22.8. The lowest BCUT2D eigenvalue weighted by molar-refractivity contribution is -0.144. The molecule has 168 valence electrons. The van der Waals surface area contributed by atoms with Crippen molar-refractivity contribution >= 4 is 17.6 Å². The zero-order valence-corrected chi connectivity index (χ0v) is 19.4. The van der Waals surface area contributed by atoms with E-state index in [9.17, 15) is 9.59 Å². The van der Waals surface area contributed by atoms with Crippen LogP contribution in [-0.4, -0.2) is 51.8 Å². The number of carbonyl (C=O) groups is 2. The third kappa shape index (κ3) is 5.94. The van der Waals surface area contributed by atoms with Crippen LogP contribution in [-0.2, 0) is 19.7 Å². The smallest absolute Gasteiger partial charge is 0.226 e. The Balaban J connectivity index is 1.69. The molecule has 2 aromatic rings. The normalized spacial score (nSPS) is 19.4. The van der Waals surface area contributed by atoms with Gasteiger partial charge >= 0.3 is 0 Å². The molecule has 1 fully saturated rings. The summed E-state index contributed by atoms with van der Waals surface area (Å²) in [6.07, 6.45) is 0.335. The number of benzene rings is 1. The molecule has 2 amide bonds. The summed E-state index contributed by atoms with van der Waals surface area (Å²) in [6.45, 7) is 13.3. The number of amides is 2. The Labute approximate surface area is 184 Å². The molecule has 31 heavy (non-hydrogen) atoms. The first kappa shape index (κ1) is 23.0. The second kappa shape index (κ2) is 9.22. The first-order chi connectivity index (χ1) is 14.5. The van der Waals surface area contributed by atoms with Crippen LogP contribution in [0.4, 0.5) is 5.82 Å². The fourth-order valence-corrected chi connectivity index (χ4v) is 3.68. The largest absolute Gasteiger partial charge is 0.372 e. The van der Waals surface area contributed by atoms with Gasteiger partial charge in [-0.3, -0.25) is 9.59 Å². The molecular formula is C24H34N4O3. The van der Waals surface area contributed by atoms with Crippen LogP contribution in [0.5, 0.6) is 0 Å². The monoisotopic (exact) mass is 426 g/mol. The third-order valence-electron chi connectivity index (χ3n) is 5.36. The van der Waals surface area contributed by atoms with Crippen LogP contribution in [0.25, 0.3) is 5.69 Å². The number of morpholine rings is 1. The Morgan fingerprint density at radius 3 is 2.29 bits per heavy atom. The van der Waals surface area contributed by atoms with Crippen molar-refractivity contribution < 1.29 is 14.3 Å². The quantitative estimate of drug-likeness (QED) is 0.788. The summed E-state index contributed by atoms with van der Waals surface area (Å²) in [5, 5.41) is 7.69. The van der Waals surface area contributed by atoms with Gasteiger partial charge in [-0.15, -0.1) is 0 Å². The number of ether oxygens (including phenoxy) is 1. The SMILES string of the molecule is Cc1ccc(-n2nc(C(C)(C)C)cc2NC(=O)CCC(=O)N2C[C@H](C)O[C@@H](C)C2)cc1. The molecule has 0 bridgehead atoms. The summed E-state index contributed by atoms with van der Waals surface area (Å²) >= 11 is 0. The van der Waals surface area contributed by atoms with Gasteiger partial charge in [0.25, 0.3) is 0 Å². The van der Waals surface area contributed by atoms with E-state index in [-0.39, 0.29) is 42.3 Å². The average molecular weight is 427 g/mol. The van der Waals surface area contributed by atoms with Crippen LogP contribution in [0.15, 0.2) is 30.3 Å². The summed E-state index contributed by atoms with van der Waals surface area (Å²) < 4.78 is 7.44. The molecule has 7 heteroatoms. The molecule has 1 aromatic heterocycles. The highest BCUT2D eigenvalue weighted by atomic mass is 16.5. The first-order valence-corrected chi connectivity index (χ1v) is 10.9. The maximum absolute atomic E-state index is 12.7. The number of nitrogens with one attached hydrogen (secondary N) is 1. The topological polar surface area (TPSA) is 76.5 Å². The van der Waals surface area contributed by atoms with Crippen molar-refractivity contribution in [1.82, 2.24) is 14.7 Å². The Morgan fingerprint density at radius 1 is 1.10 bits per heavy atom. The summed E-state index contributed by atoms with van der Waals surface area (Å²) in [4.78, 5) is 27.0. The summed E-state index contributed by atoms with van der Waals surface area (Å²) in [5.74, 6) is 0.399. The van der Waals surface area contributed by atoms with Crippen molar-refractivity contribution in [3.05, 3.63) is 41.6 Å². The molecule has 1 N–H and O–H groups in total. The van der Waals surface area contributed by atoms with E-state index < -0.39 is 0 Å². The van der Waals surface area contributed by atoms with Gasteiger partial charge in [0.2, 0.25) is 11.8 Å². The van der Waals surface area contributed by atoms with Crippen molar-refractivity contribution in [2.45, 2.75) is 72.0 Å². The highest BCUT2D eigenvalue weighted by Gasteiger charge is 2.26. The predicted octanol–water partition coefficient (Wildman–Crippen LogP) is 3.83. The number of aryl methyl sites for hydroxylation is 1. The lowest BCUT2D eigenvalue weighted by Crippen LogP contribution is -2.48. The number of carbonyl (C=O) groups excluding carboxylic acids is 2. The van der Waals surface area contributed by atoms with Crippen molar-refractivity contribution in [2.24, 2.45) is 0 Å². The van der Waals surface area contributed by atoms with E-state index in [1.54, 1.807) is 9.58 Å². The van der Waals surface area contributed by atoms with E-state index in [4.69, 9.17) is 9.84 Å². The number of anilines is 1. The minimum atomic E-state index is -0.198. The van der Waals surface area contributed by atoms with Gasteiger partial charge in [-0.25, -0.2) is 4.68 Å². The van der Waals surface area contributed by atoms with E-state index in [1.165, 1.54) is 0 Å².